The maximum absolute atomic E-state index is 13.5. The van der Waals surface area contributed by atoms with Crippen LogP contribution in [-0.4, -0.2) is 7.11 Å². The molecule has 0 saturated heterocycles. The molecule has 0 amide bonds. The Morgan fingerprint density at radius 3 is 2.63 bits per heavy atom. The van der Waals surface area contributed by atoms with Crippen molar-refractivity contribution >= 4 is 39.1 Å². The second kappa shape index (κ2) is 6.12. The molecule has 1 atom stereocenters. The number of hydrogen-bond donors (Lipinski definition) is 0. The Balaban J connectivity index is 2.49. The largest absolute Gasteiger partial charge is 0.496 e. The number of methoxy groups -OCH3 is 1. The average Bonchev–Trinajstić information content (AvgIpc) is 2.40. The van der Waals surface area contributed by atoms with E-state index in [-0.39, 0.29) is 0 Å². The Morgan fingerprint density at radius 1 is 1.26 bits per heavy atom. The van der Waals surface area contributed by atoms with E-state index < -0.39 is 11.2 Å². The Labute approximate surface area is 129 Å². The minimum absolute atomic E-state index is 0.343. The van der Waals surface area contributed by atoms with E-state index in [9.17, 15) is 4.39 Å². The van der Waals surface area contributed by atoms with Gasteiger partial charge in [0.15, 0.2) is 0 Å². The summed E-state index contributed by atoms with van der Waals surface area (Å²) < 4.78 is 19.0. The maximum atomic E-state index is 13.5. The number of ether oxygens (including phenoxy) is 1. The van der Waals surface area contributed by atoms with Gasteiger partial charge in [0.25, 0.3) is 0 Å². The molecule has 0 fully saturated rings. The molecule has 2 aromatic rings. The van der Waals surface area contributed by atoms with Gasteiger partial charge < -0.3 is 4.74 Å². The number of hydrogen-bond acceptors (Lipinski definition) is 1. The lowest BCUT2D eigenvalue weighted by molar-refractivity contribution is 0.406. The summed E-state index contributed by atoms with van der Waals surface area (Å²) in [6, 6.07) is 10.1. The van der Waals surface area contributed by atoms with Gasteiger partial charge in [0.2, 0.25) is 0 Å². The molecule has 0 spiro atoms. The normalized spacial score (nSPS) is 12.3. The van der Waals surface area contributed by atoms with Crippen LogP contribution >= 0.6 is 39.1 Å². The summed E-state index contributed by atoms with van der Waals surface area (Å²) in [7, 11) is 1.48. The molecule has 5 heteroatoms. The highest BCUT2D eigenvalue weighted by Crippen LogP contribution is 2.38. The molecule has 100 valence electrons. The first-order chi connectivity index (χ1) is 9.02. The van der Waals surface area contributed by atoms with Crippen molar-refractivity contribution in [2.45, 2.75) is 5.38 Å². The molecule has 2 aromatic carbocycles. The van der Waals surface area contributed by atoms with Crippen molar-refractivity contribution < 1.29 is 9.13 Å². The molecule has 1 nitrogen and oxygen atoms in total. The maximum Gasteiger partial charge on any atom is 0.141 e. The second-order valence-corrected chi connectivity index (χ2v) is 5.65. The van der Waals surface area contributed by atoms with Gasteiger partial charge in [0, 0.05) is 16.7 Å². The van der Waals surface area contributed by atoms with Gasteiger partial charge in [-0.1, -0.05) is 23.7 Å². The molecule has 0 heterocycles. The molecule has 1 unspecified atom stereocenters. The fourth-order valence-corrected chi connectivity index (χ4v) is 2.63. The summed E-state index contributed by atoms with van der Waals surface area (Å²) in [5.74, 6) is 0.0104. The van der Waals surface area contributed by atoms with E-state index in [0.29, 0.717) is 20.8 Å². The van der Waals surface area contributed by atoms with Gasteiger partial charge >= 0.3 is 0 Å². The third kappa shape index (κ3) is 3.22. The first-order valence-corrected chi connectivity index (χ1v) is 7.06. The Bertz CT molecular complexity index is 604. The van der Waals surface area contributed by atoms with Gasteiger partial charge in [-0.2, -0.15) is 0 Å². The third-order valence-electron chi connectivity index (χ3n) is 2.69. The third-order valence-corrected chi connectivity index (χ3v) is 4.02. The predicted molar refractivity (Wildman–Crippen MR) is 79.8 cm³/mol. The quantitative estimate of drug-likeness (QED) is 0.647. The van der Waals surface area contributed by atoms with Gasteiger partial charge in [0.05, 0.1) is 17.0 Å². The molecule has 0 aliphatic carbocycles. The van der Waals surface area contributed by atoms with Gasteiger partial charge in [-0.25, -0.2) is 4.39 Å². The average molecular weight is 364 g/mol. The van der Waals surface area contributed by atoms with Crippen LogP contribution in [0.1, 0.15) is 16.5 Å². The summed E-state index contributed by atoms with van der Waals surface area (Å²) in [6.45, 7) is 0. The number of benzene rings is 2. The van der Waals surface area contributed by atoms with Crippen molar-refractivity contribution in [2.75, 3.05) is 7.11 Å². The predicted octanol–water partition coefficient (Wildman–Crippen LogP) is 5.58. The molecular formula is C14H10BrCl2FO. The molecule has 0 saturated carbocycles. The summed E-state index contributed by atoms with van der Waals surface area (Å²) in [5.41, 5.74) is 1.51. The molecule has 0 N–H and O–H groups in total. The van der Waals surface area contributed by atoms with E-state index in [1.165, 1.54) is 13.2 Å². The summed E-state index contributed by atoms with van der Waals surface area (Å²) in [6.07, 6.45) is 0. The van der Waals surface area contributed by atoms with Crippen molar-refractivity contribution in [3.05, 3.63) is 62.8 Å². The minimum Gasteiger partial charge on any atom is -0.496 e. The standard InChI is InChI=1S/C14H10BrCl2FO/c1-19-13-7-12(18)11(15)6-10(13)14(17)8-3-2-4-9(16)5-8/h2-7,14H,1H3. The zero-order valence-corrected chi connectivity index (χ0v) is 13.1. The smallest absolute Gasteiger partial charge is 0.141 e. The second-order valence-electron chi connectivity index (χ2n) is 3.93. The van der Waals surface area contributed by atoms with Crippen LogP contribution in [0.3, 0.4) is 0 Å². The fraction of sp³-hybridized carbons (Fsp3) is 0.143. The molecule has 0 bridgehead atoms. The molecule has 0 radical (unpaired) electrons. The number of rotatable bonds is 3. The molecule has 2 rings (SSSR count). The van der Waals surface area contributed by atoms with Crippen LogP contribution in [0.15, 0.2) is 40.9 Å². The summed E-state index contributed by atoms with van der Waals surface area (Å²) in [4.78, 5) is 0. The highest BCUT2D eigenvalue weighted by Gasteiger charge is 2.18. The van der Waals surface area contributed by atoms with Crippen molar-refractivity contribution in [3.8, 4) is 5.75 Å². The first kappa shape index (κ1) is 14.6. The Kier molecular flexibility index (Phi) is 4.71. The lowest BCUT2D eigenvalue weighted by Gasteiger charge is -2.15. The van der Waals surface area contributed by atoms with Crippen LogP contribution in [0.5, 0.6) is 5.75 Å². The van der Waals surface area contributed by atoms with Gasteiger partial charge in [0.1, 0.15) is 11.6 Å². The molecule has 19 heavy (non-hydrogen) atoms. The highest BCUT2D eigenvalue weighted by atomic mass is 79.9. The van der Waals surface area contributed by atoms with Crippen LogP contribution in [0.4, 0.5) is 4.39 Å². The first-order valence-electron chi connectivity index (χ1n) is 5.45. The lowest BCUT2D eigenvalue weighted by Crippen LogP contribution is -1.99. The Hall–Kier alpha value is -0.770. The Morgan fingerprint density at radius 2 is 2.00 bits per heavy atom. The monoisotopic (exact) mass is 362 g/mol. The van der Waals surface area contributed by atoms with E-state index in [1.807, 2.05) is 12.1 Å². The van der Waals surface area contributed by atoms with Gasteiger partial charge in [-0.05, 0) is 39.7 Å². The van der Waals surface area contributed by atoms with Crippen LogP contribution < -0.4 is 4.74 Å². The molecule has 0 aliphatic rings. The van der Waals surface area contributed by atoms with E-state index in [0.717, 1.165) is 5.56 Å². The van der Waals surface area contributed by atoms with Gasteiger partial charge in [-0.3, -0.25) is 0 Å². The van der Waals surface area contributed by atoms with E-state index in [1.54, 1.807) is 18.2 Å². The lowest BCUT2D eigenvalue weighted by atomic mass is 10.0. The van der Waals surface area contributed by atoms with Crippen molar-refractivity contribution in [3.63, 3.8) is 0 Å². The van der Waals surface area contributed by atoms with Crippen LogP contribution in [0.2, 0.25) is 5.02 Å². The highest BCUT2D eigenvalue weighted by molar-refractivity contribution is 9.10. The molecule has 0 aromatic heterocycles. The number of halogens is 4. The topological polar surface area (TPSA) is 9.23 Å². The van der Waals surface area contributed by atoms with Crippen molar-refractivity contribution in [1.29, 1.82) is 0 Å². The van der Waals surface area contributed by atoms with E-state index >= 15 is 0 Å². The van der Waals surface area contributed by atoms with E-state index in [4.69, 9.17) is 27.9 Å². The van der Waals surface area contributed by atoms with Crippen LogP contribution in [0.25, 0.3) is 0 Å². The minimum atomic E-state index is -0.467. The van der Waals surface area contributed by atoms with Gasteiger partial charge in [-0.15, -0.1) is 11.6 Å². The zero-order chi connectivity index (χ0) is 14.0. The van der Waals surface area contributed by atoms with E-state index in [2.05, 4.69) is 15.9 Å². The van der Waals surface area contributed by atoms with Crippen molar-refractivity contribution in [2.24, 2.45) is 0 Å². The molecule has 0 aliphatic heterocycles. The summed E-state index contributed by atoms with van der Waals surface area (Å²) >= 11 is 15.5. The van der Waals surface area contributed by atoms with Crippen LogP contribution in [0, 0.1) is 5.82 Å². The molecular weight excluding hydrogens is 354 g/mol. The fourth-order valence-electron chi connectivity index (χ4n) is 1.76. The number of alkyl halides is 1. The summed E-state index contributed by atoms with van der Waals surface area (Å²) in [5, 5.41) is 0.133. The SMILES string of the molecule is COc1cc(F)c(Br)cc1C(Cl)c1cccc(Cl)c1. The van der Waals surface area contributed by atoms with Crippen LogP contribution in [-0.2, 0) is 0 Å². The zero-order valence-electron chi connectivity index (χ0n) is 9.96. The van der Waals surface area contributed by atoms with Crippen molar-refractivity contribution in [1.82, 2.24) is 0 Å².